The monoisotopic (exact) mass is 530 g/mol. The molecule has 9 heteroatoms. The fourth-order valence-corrected chi connectivity index (χ4v) is 4.98. The molecular weight excluding hydrogens is 502 g/mol. The maximum absolute atomic E-state index is 13.9. The molecule has 4 rings (SSSR count). The number of carbonyl (C=O) groups is 1. The minimum Gasteiger partial charge on any atom is -0.482 e. The normalized spacial score (nSPS) is 14.6. The summed E-state index contributed by atoms with van der Waals surface area (Å²) < 4.78 is 19.9. The third-order valence-electron chi connectivity index (χ3n) is 6.29. The van der Waals surface area contributed by atoms with E-state index in [1.807, 2.05) is 12.1 Å². The Morgan fingerprint density at radius 3 is 2.61 bits per heavy atom. The maximum atomic E-state index is 13.9. The fourth-order valence-electron chi connectivity index (χ4n) is 4.30. The van der Waals surface area contributed by atoms with Crippen LogP contribution >= 0.6 is 23.2 Å². The SMILES string of the molecule is CC(Oc1cc(-c2ccc(C(=O)NCCCN3CCCC3)cc2)cnc1N)c1c(Cl)ccc(F)c1Cl. The van der Waals surface area contributed by atoms with Crippen molar-refractivity contribution in [3.05, 3.63) is 75.7 Å². The Kier molecular flexibility index (Phi) is 8.67. The Balaban J connectivity index is 1.40. The summed E-state index contributed by atoms with van der Waals surface area (Å²) in [4.78, 5) is 19.2. The topological polar surface area (TPSA) is 80.5 Å². The van der Waals surface area contributed by atoms with Crippen LogP contribution in [0, 0.1) is 5.82 Å². The van der Waals surface area contributed by atoms with Crippen LogP contribution in [-0.4, -0.2) is 42.0 Å². The number of carbonyl (C=O) groups excluding carboxylic acids is 1. The van der Waals surface area contributed by atoms with Gasteiger partial charge in [-0.25, -0.2) is 9.37 Å². The number of nitrogens with two attached hydrogens (primary N) is 1. The first-order valence-corrected chi connectivity index (χ1v) is 12.8. The van der Waals surface area contributed by atoms with Gasteiger partial charge in [0.1, 0.15) is 11.9 Å². The summed E-state index contributed by atoms with van der Waals surface area (Å²) in [6.45, 7) is 5.69. The minimum absolute atomic E-state index is 0.0948. The number of aromatic nitrogens is 1. The molecule has 0 radical (unpaired) electrons. The van der Waals surface area contributed by atoms with Gasteiger partial charge in [-0.15, -0.1) is 0 Å². The molecular formula is C27H29Cl2FN4O2. The standard InChI is InChI=1S/C27H29Cl2FN4O2/c1-17(24-21(28)9-10-22(30)25(24)29)36-23-15-20(16-33-26(23)31)18-5-7-19(8-6-18)27(35)32-11-4-14-34-12-2-3-13-34/h5-10,15-17H,2-4,11-14H2,1H3,(H2,31,33)(H,32,35). The number of anilines is 1. The van der Waals surface area contributed by atoms with E-state index in [2.05, 4.69) is 15.2 Å². The lowest BCUT2D eigenvalue weighted by molar-refractivity contribution is 0.0952. The average molecular weight is 531 g/mol. The van der Waals surface area contributed by atoms with Crippen molar-refractivity contribution in [2.75, 3.05) is 31.9 Å². The van der Waals surface area contributed by atoms with E-state index < -0.39 is 11.9 Å². The lowest BCUT2D eigenvalue weighted by atomic mass is 10.0. The second kappa shape index (κ2) is 11.9. The summed E-state index contributed by atoms with van der Waals surface area (Å²) in [6, 6.07) is 11.6. The summed E-state index contributed by atoms with van der Waals surface area (Å²) in [7, 11) is 0. The van der Waals surface area contributed by atoms with Crippen LogP contribution in [-0.2, 0) is 0 Å². The smallest absolute Gasteiger partial charge is 0.251 e. The molecule has 1 aliphatic rings. The van der Waals surface area contributed by atoms with Gasteiger partial charge in [-0.05, 0) is 81.7 Å². The number of ether oxygens (including phenoxy) is 1. The summed E-state index contributed by atoms with van der Waals surface area (Å²) in [5, 5.41) is 3.18. The van der Waals surface area contributed by atoms with Gasteiger partial charge in [-0.2, -0.15) is 0 Å². The highest BCUT2D eigenvalue weighted by atomic mass is 35.5. The predicted octanol–water partition coefficient (Wildman–Crippen LogP) is 6.13. The number of hydrogen-bond acceptors (Lipinski definition) is 5. The molecule has 2 heterocycles. The van der Waals surface area contributed by atoms with E-state index in [-0.39, 0.29) is 16.7 Å². The highest BCUT2D eigenvalue weighted by molar-refractivity contribution is 6.36. The average Bonchev–Trinajstić information content (AvgIpc) is 3.39. The highest BCUT2D eigenvalue weighted by Gasteiger charge is 2.20. The van der Waals surface area contributed by atoms with Gasteiger partial charge in [0, 0.05) is 34.5 Å². The van der Waals surface area contributed by atoms with Gasteiger partial charge in [-0.1, -0.05) is 35.3 Å². The van der Waals surface area contributed by atoms with Crippen LogP contribution in [0.3, 0.4) is 0 Å². The third kappa shape index (κ3) is 6.27. The van der Waals surface area contributed by atoms with Crippen LogP contribution in [0.15, 0.2) is 48.7 Å². The molecule has 1 saturated heterocycles. The molecule has 1 atom stereocenters. The molecule has 1 aliphatic heterocycles. The number of amides is 1. The molecule has 36 heavy (non-hydrogen) atoms. The van der Waals surface area contributed by atoms with Gasteiger partial charge in [0.2, 0.25) is 0 Å². The second-order valence-electron chi connectivity index (χ2n) is 8.86. The van der Waals surface area contributed by atoms with Gasteiger partial charge in [-0.3, -0.25) is 4.79 Å². The number of likely N-dealkylation sites (tertiary alicyclic amines) is 1. The zero-order valence-electron chi connectivity index (χ0n) is 20.1. The van der Waals surface area contributed by atoms with E-state index >= 15 is 0 Å². The quantitative estimate of drug-likeness (QED) is 0.257. The van der Waals surface area contributed by atoms with E-state index in [0.29, 0.717) is 28.4 Å². The number of nitrogens with zero attached hydrogens (tertiary/aromatic N) is 2. The van der Waals surface area contributed by atoms with Crippen molar-refractivity contribution >= 4 is 34.9 Å². The van der Waals surface area contributed by atoms with E-state index in [9.17, 15) is 9.18 Å². The molecule has 1 amide bonds. The second-order valence-corrected chi connectivity index (χ2v) is 9.65. The van der Waals surface area contributed by atoms with Gasteiger partial charge in [0.05, 0.1) is 5.02 Å². The van der Waals surface area contributed by atoms with Crippen molar-refractivity contribution < 1.29 is 13.9 Å². The van der Waals surface area contributed by atoms with Gasteiger partial charge in [0.15, 0.2) is 11.6 Å². The number of rotatable bonds is 9. The molecule has 0 bridgehead atoms. The molecule has 0 spiro atoms. The van der Waals surface area contributed by atoms with Crippen LogP contribution in [0.5, 0.6) is 5.75 Å². The number of hydrogen-bond donors (Lipinski definition) is 2. The van der Waals surface area contributed by atoms with Crippen molar-refractivity contribution in [1.29, 1.82) is 0 Å². The molecule has 1 unspecified atom stereocenters. The molecule has 3 N–H and O–H groups in total. The molecule has 2 aromatic carbocycles. The van der Waals surface area contributed by atoms with E-state index in [4.69, 9.17) is 33.7 Å². The first-order chi connectivity index (χ1) is 17.3. The zero-order chi connectivity index (χ0) is 25.7. The Morgan fingerprint density at radius 1 is 1.17 bits per heavy atom. The molecule has 0 aliphatic carbocycles. The Bertz CT molecular complexity index is 1220. The van der Waals surface area contributed by atoms with Gasteiger partial charge in [0.25, 0.3) is 5.91 Å². The summed E-state index contributed by atoms with van der Waals surface area (Å²) in [5.41, 5.74) is 8.54. The van der Waals surface area contributed by atoms with E-state index in [1.165, 1.54) is 25.0 Å². The maximum Gasteiger partial charge on any atom is 0.251 e. The predicted molar refractivity (Wildman–Crippen MR) is 142 cm³/mol. The lowest BCUT2D eigenvalue weighted by Gasteiger charge is -2.19. The first-order valence-electron chi connectivity index (χ1n) is 12.0. The molecule has 1 fully saturated rings. The van der Waals surface area contributed by atoms with Crippen molar-refractivity contribution in [2.24, 2.45) is 0 Å². The Hall–Kier alpha value is -2.87. The van der Waals surface area contributed by atoms with E-state index in [0.717, 1.165) is 37.2 Å². The summed E-state index contributed by atoms with van der Waals surface area (Å²) >= 11 is 12.3. The van der Waals surface area contributed by atoms with Gasteiger partial charge < -0.3 is 20.7 Å². The zero-order valence-corrected chi connectivity index (χ0v) is 21.6. The lowest BCUT2D eigenvalue weighted by Crippen LogP contribution is -2.28. The fraction of sp³-hybridized carbons (Fsp3) is 0.333. The largest absolute Gasteiger partial charge is 0.482 e. The van der Waals surface area contributed by atoms with Gasteiger partial charge >= 0.3 is 0 Å². The molecule has 1 aromatic heterocycles. The number of pyridine rings is 1. The van der Waals surface area contributed by atoms with Crippen LogP contribution in [0.2, 0.25) is 10.0 Å². The molecule has 3 aromatic rings. The number of nitrogens with one attached hydrogen (secondary N) is 1. The Morgan fingerprint density at radius 2 is 1.89 bits per heavy atom. The number of halogens is 3. The highest BCUT2D eigenvalue weighted by Crippen LogP contribution is 2.37. The van der Waals surface area contributed by atoms with Crippen LogP contribution in [0.25, 0.3) is 11.1 Å². The molecule has 6 nitrogen and oxygen atoms in total. The number of nitrogen functional groups attached to an aromatic ring is 1. The van der Waals surface area contributed by atoms with E-state index in [1.54, 1.807) is 31.3 Å². The van der Waals surface area contributed by atoms with Crippen LogP contribution in [0.4, 0.5) is 10.2 Å². The number of benzene rings is 2. The van der Waals surface area contributed by atoms with Crippen LogP contribution in [0.1, 0.15) is 48.2 Å². The molecule has 190 valence electrons. The Labute approximate surface area is 220 Å². The van der Waals surface area contributed by atoms with Crippen LogP contribution < -0.4 is 15.8 Å². The van der Waals surface area contributed by atoms with Crippen molar-refractivity contribution in [2.45, 2.75) is 32.3 Å². The van der Waals surface area contributed by atoms with Crippen molar-refractivity contribution in [3.63, 3.8) is 0 Å². The molecule has 0 saturated carbocycles. The van der Waals surface area contributed by atoms with Crippen molar-refractivity contribution in [3.8, 4) is 16.9 Å². The first kappa shape index (κ1) is 26.2. The third-order valence-corrected chi connectivity index (χ3v) is 7.00. The minimum atomic E-state index is -0.670. The summed E-state index contributed by atoms with van der Waals surface area (Å²) in [5.74, 6) is -0.183. The summed E-state index contributed by atoms with van der Waals surface area (Å²) in [6.07, 6.45) is 4.43. The van der Waals surface area contributed by atoms with Crippen molar-refractivity contribution in [1.82, 2.24) is 15.2 Å².